The van der Waals surface area contributed by atoms with E-state index in [1.807, 2.05) is 42.0 Å². The SMILES string of the molecule is CCn1c(COc2ccc(Cl)cc2C)nnc1SCC(=O)Nc1nc(-c2ccc(C)c(C)c2)cs1. The Bertz CT molecular complexity index is 1350. The maximum atomic E-state index is 12.6. The van der Waals surface area contributed by atoms with Crippen molar-refractivity contribution >= 4 is 45.7 Å². The fourth-order valence-corrected chi connectivity index (χ4v) is 5.20. The summed E-state index contributed by atoms with van der Waals surface area (Å²) in [6, 6.07) is 11.7. The average Bonchev–Trinajstić information content (AvgIpc) is 3.45. The number of anilines is 1. The van der Waals surface area contributed by atoms with E-state index in [1.54, 1.807) is 6.07 Å². The van der Waals surface area contributed by atoms with Crippen molar-refractivity contribution in [3.05, 3.63) is 69.3 Å². The minimum Gasteiger partial charge on any atom is -0.485 e. The van der Waals surface area contributed by atoms with Crippen LogP contribution in [0.25, 0.3) is 11.3 Å². The van der Waals surface area contributed by atoms with Gasteiger partial charge in [0, 0.05) is 22.5 Å². The molecule has 35 heavy (non-hydrogen) atoms. The minimum atomic E-state index is -0.142. The number of ether oxygens (including phenoxy) is 1. The summed E-state index contributed by atoms with van der Waals surface area (Å²) in [5.74, 6) is 1.50. The van der Waals surface area contributed by atoms with Gasteiger partial charge >= 0.3 is 0 Å². The maximum Gasteiger partial charge on any atom is 0.236 e. The van der Waals surface area contributed by atoms with Crippen molar-refractivity contribution in [2.75, 3.05) is 11.1 Å². The van der Waals surface area contributed by atoms with E-state index in [9.17, 15) is 4.79 Å². The lowest BCUT2D eigenvalue weighted by atomic mass is 10.1. The molecule has 0 radical (unpaired) electrons. The maximum absolute atomic E-state index is 12.6. The quantitative estimate of drug-likeness (QED) is 0.257. The molecule has 4 rings (SSSR count). The van der Waals surface area contributed by atoms with Gasteiger partial charge < -0.3 is 14.6 Å². The van der Waals surface area contributed by atoms with Gasteiger partial charge in [0.05, 0.1) is 11.4 Å². The molecule has 2 aromatic heterocycles. The summed E-state index contributed by atoms with van der Waals surface area (Å²) in [6.45, 7) is 9.06. The van der Waals surface area contributed by atoms with Gasteiger partial charge in [0.1, 0.15) is 12.4 Å². The smallest absolute Gasteiger partial charge is 0.236 e. The molecule has 7 nitrogen and oxygen atoms in total. The van der Waals surface area contributed by atoms with Crippen LogP contribution >= 0.6 is 34.7 Å². The van der Waals surface area contributed by atoms with Crippen LogP contribution in [-0.2, 0) is 17.9 Å². The molecule has 0 saturated carbocycles. The zero-order chi connectivity index (χ0) is 24.9. The first-order valence-electron chi connectivity index (χ1n) is 11.1. The van der Waals surface area contributed by atoms with Gasteiger partial charge in [0.25, 0.3) is 0 Å². The first kappa shape index (κ1) is 25.2. The third kappa shape index (κ3) is 6.22. The highest BCUT2D eigenvalue weighted by atomic mass is 35.5. The van der Waals surface area contributed by atoms with Gasteiger partial charge in [-0.15, -0.1) is 21.5 Å². The molecule has 1 N–H and O–H groups in total. The van der Waals surface area contributed by atoms with Crippen LogP contribution in [0, 0.1) is 20.8 Å². The highest BCUT2D eigenvalue weighted by molar-refractivity contribution is 7.99. The van der Waals surface area contributed by atoms with Gasteiger partial charge in [0.15, 0.2) is 16.1 Å². The topological polar surface area (TPSA) is 81.9 Å². The summed E-state index contributed by atoms with van der Waals surface area (Å²) < 4.78 is 7.86. The number of thiazole rings is 1. The number of thioether (sulfide) groups is 1. The summed E-state index contributed by atoms with van der Waals surface area (Å²) in [7, 11) is 0. The summed E-state index contributed by atoms with van der Waals surface area (Å²) >= 11 is 8.76. The molecule has 0 atom stereocenters. The van der Waals surface area contributed by atoms with Crippen LogP contribution in [0.15, 0.2) is 46.9 Å². The van der Waals surface area contributed by atoms with Gasteiger partial charge in [-0.25, -0.2) is 4.98 Å². The van der Waals surface area contributed by atoms with E-state index >= 15 is 0 Å². The molecule has 10 heteroatoms. The Labute approximate surface area is 217 Å². The molecule has 4 aromatic rings. The second-order valence-corrected chi connectivity index (χ2v) is 10.3. The van der Waals surface area contributed by atoms with Crippen molar-refractivity contribution in [2.45, 2.75) is 46.0 Å². The number of hydrogen-bond donors (Lipinski definition) is 1. The average molecular weight is 528 g/mol. The number of nitrogens with zero attached hydrogens (tertiary/aromatic N) is 4. The second-order valence-electron chi connectivity index (χ2n) is 8.02. The molecule has 0 fully saturated rings. The Morgan fingerprint density at radius 1 is 1.11 bits per heavy atom. The lowest BCUT2D eigenvalue weighted by molar-refractivity contribution is -0.113. The number of nitrogens with one attached hydrogen (secondary N) is 1. The van der Waals surface area contributed by atoms with E-state index in [0.29, 0.717) is 27.7 Å². The fraction of sp³-hybridized carbons (Fsp3) is 0.280. The number of carbonyl (C=O) groups is 1. The van der Waals surface area contributed by atoms with Crippen molar-refractivity contribution in [3.63, 3.8) is 0 Å². The zero-order valence-corrected chi connectivity index (χ0v) is 22.4. The monoisotopic (exact) mass is 527 g/mol. The third-order valence-corrected chi connectivity index (χ3v) is 7.45. The number of hydrogen-bond acceptors (Lipinski definition) is 7. The van der Waals surface area contributed by atoms with Gasteiger partial charge in [-0.1, -0.05) is 35.5 Å². The summed E-state index contributed by atoms with van der Waals surface area (Å²) in [5.41, 5.74) is 5.30. The number of carbonyl (C=O) groups excluding carboxylic acids is 1. The number of amides is 1. The van der Waals surface area contributed by atoms with Crippen LogP contribution in [0.4, 0.5) is 5.13 Å². The normalized spacial score (nSPS) is 11.0. The molecule has 0 bridgehead atoms. The molecular weight excluding hydrogens is 502 g/mol. The Morgan fingerprint density at radius 2 is 1.94 bits per heavy atom. The third-order valence-electron chi connectivity index (χ3n) is 5.49. The molecule has 2 aromatic carbocycles. The molecule has 0 aliphatic rings. The number of halogens is 1. The lowest BCUT2D eigenvalue weighted by Gasteiger charge is -2.10. The number of aromatic nitrogens is 4. The van der Waals surface area contributed by atoms with Gasteiger partial charge in [0.2, 0.25) is 5.91 Å². The fourth-order valence-electron chi connectivity index (χ4n) is 3.42. The van der Waals surface area contributed by atoms with Crippen LogP contribution in [0.3, 0.4) is 0 Å². The van der Waals surface area contributed by atoms with Gasteiger partial charge in [-0.05, 0) is 68.7 Å². The molecule has 0 spiro atoms. The predicted molar refractivity (Wildman–Crippen MR) is 143 cm³/mol. The van der Waals surface area contributed by atoms with Gasteiger partial charge in [-0.2, -0.15) is 0 Å². The van der Waals surface area contributed by atoms with E-state index in [4.69, 9.17) is 16.3 Å². The van der Waals surface area contributed by atoms with E-state index in [0.717, 1.165) is 22.6 Å². The first-order chi connectivity index (χ1) is 16.8. The van der Waals surface area contributed by atoms with Crippen LogP contribution in [0.1, 0.15) is 29.4 Å². The Morgan fingerprint density at radius 3 is 2.69 bits per heavy atom. The second kappa shape index (κ2) is 11.2. The van der Waals surface area contributed by atoms with Crippen LogP contribution < -0.4 is 10.1 Å². The highest BCUT2D eigenvalue weighted by Crippen LogP contribution is 2.27. The van der Waals surface area contributed by atoms with Crippen molar-refractivity contribution in [3.8, 4) is 17.0 Å². The summed E-state index contributed by atoms with van der Waals surface area (Å²) in [5, 5.41) is 15.3. The number of rotatable bonds is 9. The van der Waals surface area contributed by atoms with Crippen LogP contribution in [0.2, 0.25) is 5.02 Å². The molecule has 182 valence electrons. The zero-order valence-electron chi connectivity index (χ0n) is 20.0. The molecule has 0 unspecified atom stereocenters. The molecule has 2 heterocycles. The molecule has 0 saturated heterocycles. The van der Waals surface area contributed by atoms with E-state index in [1.165, 1.54) is 34.2 Å². The predicted octanol–water partition coefficient (Wildman–Crippen LogP) is 6.31. The first-order valence-corrected chi connectivity index (χ1v) is 13.3. The number of benzene rings is 2. The van der Waals surface area contributed by atoms with Crippen LogP contribution in [-0.4, -0.2) is 31.4 Å². The summed E-state index contributed by atoms with van der Waals surface area (Å²) in [6.07, 6.45) is 0. The molecular formula is C25H26ClN5O2S2. The van der Waals surface area contributed by atoms with Crippen molar-refractivity contribution in [2.24, 2.45) is 0 Å². The highest BCUT2D eigenvalue weighted by Gasteiger charge is 2.15. The Balaban J connectivity index is 1.34. The standard InChI is InChI=1S/C25H26ClN5O2S2/c1-5-31-22(12-33-21-9-8-19(26)11-17(21)4)29-30-25(31)35-14-23(32)28-24-27-20(13-34-24)18-7-6-15(2)16(3)10-18/h6-11,13H,5,12,14H2,1-4H3,(H,27,28,32). The van der Waals surface area contributed by atoms with Crippen molar-refractivity contribution in [1.82, 2.24) is 19.7 Å². The summed E-state index contributed by atoms with van der Waals surface area (Å²) in [4.78, 5) is 17.1. The van der Waals surface area contributed by atoms with Crippen LogP contribution in [0.5, 0.6) is 5.75 Å². The van der Waals surface area contributed by atoms with E-state index in [-0.39, 0.29) is 18.3 Å². The van der Waals surface area contributed by atoms with Gasteiger partial charge in [-0.3, -0.25) is 4.79 Å². The van der Waals surface area contributed by atoms with Crippen molar-refractivity contribution < 1.29 is 9.53 Å². The van der Waals surface area contributed by atoms with E-state index < -0.39 is 0 Å². The Kier molecular flexibility index (Phi) is 8.10. The van der Waals surface area contributed by atoms with E-state index in [2.05, 4.69) is 46.5 Å². The largest absolute Gasteiger partial charge is 0.485 e. The van der Waals surface area contributed by atoms with Crippen molar-refractivity contribution in [1.29, 1.82) is 0 Å². The molecule has 0 aliphatic carbocycles. The molecule has 0 aliphatic heterocycles. The number of aryl methyl sites for hydroxylation is 3. The molecule has 1 amide bonds. The minimum absolute atomic E-state index is 0.142. The lowest BCUT2D eigenvalue weighted by Crippen LogP contribution is -2.14. The Hall–Kier alpha value is -2.88.